The molecular formula is C45H44FN3O6Si. The van der Waals surface area contributed by atoms with Crippen LogP contribution in [0.5, 0.6) is 11.5 Å². The molecule has 286 valence electrons. The fourth-order valence-electron chi connectivity index (χ4n) is 8.87. The van der Waals surface area contributed by atoms with Gasteiger partial charge in [-0.3, -0.25) is 19.3 Å². The van der Waals surface area contributed by atoms with Crippen molar-refractivity contribution in [1.29, 1.82) is 0 Å². The van der Waals surface area contributed by atoms with E-state index in [9.17, 15) is 19.5 Å². The van der Waals surface area contributed by atoms with E-state index in [1.165, 1.54) is 0 Å². The lowest BCUT2D eigenvalue weighted by molar-refractivity contribution is -0.150. The maximum atomic E-state index is 16.5. The minimum absolute atomic E-state index is 0.116. The van der Waals surface area contributed by atoms with Gasteiger partial charge in [0.25, 0.3) is 11.8 Å². The minimum atomic E-state index is -3.52. The molecule has 0 aliphatic carbocycles. The third-order valence-corrected chi connectivity index (χ3v) is 13.8. The number of anilines is 3. The van der Waals surface area contributed by atoms with Crippen molar-refractivity contribution >= 4 is 43.2 Å². The van der Waals surface area contributed by atoms with Crippen LogP contribution in [0.1, 0.15) is 40.4 Å². The van der Waals surface area contributed by atoms with E-state index in [1.54, 1.807) is 46.0 Å². The second-order valence-electron chi connectivity index (χ2n) is 15.3. The van der Waals surface area contributed by atoms with Gasteiger partial charge in [-0.05, 0) is 66.7 Å². The molecule has 1 N–H and O–H groups in total. The fraction of sp³-hybridized carbons (Fsp3) is 0.267. The van der Waals surface area contributed by atoms with Crippen molar-refractivity contribution in [1.82, 2.24) is 4.90 Å². The molecule has 9 nitrogen and oxygen atoms in total. The number of hydrogen-bond donors (Lipinski definition) is 1. The van der Waals surface area contributed by atoms with Crippen molar-refractivity contribution in [2.75, 3.05) is 23.0 Å². The van der Waals surface area contributed by atoms with Gasteiger partial charge in [0, 0.05) is 35.8 Å². The summed E-state index contributed by atoms with van der Waals surface area (Å²) >= 11 is 0. The van der Waals surface area contributed by atoms with Crippen LogP contribution in [0.25, 0.3) is 0 Å². The smallest absolute Gasteiger partial charge is 0.266 e. The lowest BCUT2D eigenvalue weighted by Gasteiger charge is -2.31. The summed E-state index contributed by atoms with van der Waals surface area (Å²) in [6, 6.07) is 39.1. The molecule has 0 bridgehead atoms. The maximum Gasteiger partial charge on any atom is 0.266 e. The zero-order valence-electron chi connectivity index (χ0n) is 31.6. The summed E-state index contributed by atoms with van der Waals surface area (Å²) < 4.78 is 29.5. The first-order chi connectivity index (χ1) is 27.0. The van der Waals surface area contributed by atoms with Gasteiger partial charge in [0.2, 0.25) is 14.3 Å². The van der Waals surface area contributed by atoms with Crippen LogP contribution in [0.15, 0.2) is 127 Å². The van der Waals surface area contributed by atoms with Gasteiger partial charge in [-0.25, -0.2) is 0 Å². The van der Waals surface area contributed by atoms with Crippen LogP contribution < -0.4 is 14.5 Å². The molecule has 4 atom stereocenters. The highest BCUT2D eigenvalue weighted by atomic mass is 28.4. The maximum absolute atomic E-state index is 16.5. The van der Waals surface area contributed by atoms with Crippen molar-refractivity contribution < 1.29 is 33.1 Å². The summed E-state index contributed by atoms with van der Waals surface area (Å²) in [5.74, 6) is -0.312. The Hall–Kier alpha value is -5.62. The first kappa shape index (κ1) is 37.3. The van der Waals surface area contributed by atoms with Crippen LogP contribution in [-0.2, 0) is 33.0 Å². The lowest BCUT2D eigenvalue weighted by Crippen LogP contribution is -2.45. The molecular weight excluding hydrogens is 726 g/mol. The lowest BCUT2D eigenvalue weighted by atomic mass is 9.82. The third-order valence-electron chi connectivity index (χ3n) is 11.4. The van der Waals surface area contributed by atoms with Crippen LogP contribution in [0.2, 0.25) is 18.6 Å². The number of carbonyl (C=O) groups excluding carboxylic acids is 3. The number of halogens is 1. The predicted octanol–water partition coefficient (Wildman–Crippen LogP) is 8.50. The Morgan fingerprint density at radius 1 is 0.821 bits per heavy atom. The summed E-state index contributed by atoms with van der Waals surface area (Å²) in [5, 5.41) is 9.84. The summed E-state index contributed by atoms with van der Waals surface area (Å²) in [7, 11) is -3.52. The van der Waals surface area contributed by atoms with Gasteiger partial charge >= 0.3 is 0 Å². The van der Waals surface area contributed by atoms with Gasteiger partial charge in [-0.2, -0.15) is 0 Å². The third kappa shape index (κ3) is 6.49. The number of rotatable bonds is 10. The number of carbonyl (C=O) groups is 3. The highest BCUT2D eigenvalue weighted by molar-refractivity contribution is 6.72. The molecule has 1 spiro atoms. The number of nitrogens with zero attached hydrogens (tertiary/aromatic N) is 3. The molecule has 3 amide bonds. The molecule has 1 saturated heterocycles. The zero-order valence-corrected chi connectivity index (χ0v) is 32.6. The Kier molecular flexibility index (Phi) is 9.86. The Morgan fingerprint density at radius 2 is 1.46 bits per heavy atom. The molecule has 56 heavy (non-hydrogen) atoms. The van der Waals surface area contributed by atoms with E-state index in [4.69, 9.17) is 9.47 Å². The monoisotopic (exact) mass is 769 g/mol. The quantitative estimate of drug-likeness (QED) is 0.113. The normalized spacial score (nSPS) is 21.3. The summed E-state index contributed by atoms with van der Waals surface area (Å²) in [4.78, 5) is 47.7. The first-order valence-corrected chi connectivity index (χ1v) is 22.0. The van der Waals surface area contributed by atoms with E-state index in [0.29, 0.717) is 46.2 Å². The highest BCUT2D eigenvalue weighted by Crippen LogP contribution is 2.60. The van der Waals surface area contributed by atoms with Gasteiger partial charge in [0.05, 0.1) is 42.6 Å². The number of aliphatic hydroxyl groups is 1. The molecule has 5 aromatic carbocycles. The Bertz CT molecular complexity index is 2280. The number of para-hydroxylation sites is 4. The van der Waals surface area contributed by atoms with Crippen LogP contribution in [0.3, 0.4) is 0 Å². The summed E-state index contributed by atoms with van der Waals surface area (Å²) in [5.41, 5.74) is 2.61. The van der Waals surface area contributed by atoms with Gasteiger partial charge < -0.3 is 28.5 Å². The van der Waals surface area contributed by atoms with E-state index in [0.717, 1.165) is 11.1 Å². The summed E-state index contributed by atoms with van der Waals surface area (Å²) in [6.45, 7) is 5.51. The van der Waals surface area contributed by atoms with Crippen LogP contribution in [0.4, 0.5) is 21.2 Å². The van der Waals surface area contributed by atoms with Crippen molar-refractivity contribution in [2.24, 2.45) is 5.92 Å². The van der Waals surface area contributed by atoms with E-state index in [2.05, 4.69) is 0 Å². The SMILES string of the molecule is C[C@H]1[C@H]([Si](C)(C)F)[C@@H](CC(=O)N(CCO)Cc2ccccc2)O[C@]12C(=O)N(Cc1ccc(N3C(=O)c4ccccc4Oc4ccccc43)cc1)c1ccccc12. The first-order valence-electron chi connectivity index (χ1n) is 19.0. The molecule has 3 aliphatic heterocycles. The Labute approximate surface area is 327 Å². The number of hydrogen-bond acceptors (Lipinski definition) is 6. The largest absolute Gasteiger partial charge is 0.454 e. The van der Waals surface area contributed by atoms with Crippen molar-refractivity contribution in [2.45, 2.75) is 56.8 Å². The molecule has 5 aromatic rings. The van der Waals surface area contributed by atoms with Crippen molar-refractivity contribution in [3.8, 4) is 11.5 Å². The molecule has 8 rings (SSSR count). The number of fused-ring (bicyclic) bond motifs is 4. The standard InChI is InChI=1S/C45H44FN3O6Si/c1-30-42(56(2,3)46)40(27-41(51)47(25-26-50)28-31-13-5-4-6-14-31)55-45(30)35-16-8-9-17-36(35)48(44(45)53)29-32-21-23-33(24-22-32)49-37-18-10-12-20-39(37)54-38-19-11-7-15-34(38)43(49)52/h4-24,30,40,42,50H,25-29H2,1-3H3/t30-,40+,42-,45+/m0/s1. The van der Waals surface area contributed by atoms with E-state index >= 15 is 4.11 Å². The molecule has 0 unspecified atom stereocenters. The molecule has 0 saturated carbocycles. The van der Waals surface area contributed by atoms with Crippen LogP contribution in [0, 0.1) is 5.92 Å². The fourth-order valence-corrected chi connectivity index (χ4v) is 11.4. The topological polar surface area (TPSA) is 99.6 Å². The second-order valence-corrected chi connectivity index (χ2v) is 19.1. The van der Waals surface area contributed by atoms with Gasteiger partial charge in [0.1, 0.15) is 5.75 Å². The average Bonchev–Trinajstić information content (AvgIpc) is 3.57. The number of benzene rings is 5. The van der Waals surface area contributed by atoms with E-state index < -0.39 is 31.6 Å². The van der Waals surface area contributed by atoms with E-state index in [1.807, 2.05) is 116 Å². The van der Waals surface area contributed by atoms with E-state index in [-0.39, 0.29) is 43.8 Å². The second kappa shape index (κ2) is 14.8. The molecule has 11 heteroatoms. The number of aliphatic hydroxyl groups excluding tert-OH is 1. The predicted molar refractivity (Wildman–Crippen MR) is 215 cm³/mol. The minimum Gasteiger partial charge on any atom is -0.454 e. The number of amides is 3. The van der Waals surface area contributed by atoms with Gasteiger partial charge in [-0.1, -0.05) is 91.9 Å². The van der Waals surface area contributed by atoms with Crippen LogP contribution in [-0.4, -0.2) is 55.4 Å². The molecule has 1 fully saturated rings. The molecule has 3 aliphatic rings. The van der Waals surface area contributed by atoms with Gasteiger partial charge in [-0.15, -0.1) is 0 Å². The molecule has 0 aromatic heterocycles. The highest BCUT2D eigenvalue weighted by Gasteiger charge is 2.67. The Morgan fingerprint density at radius 3 is 2.18 bits per heavy atom. The Balaban J connectivity index is 1.08. The summed E-state index contributed by atoms with van der Waals surface area (Å²) in [6.07, 6.45) is -0.963. The molecule has 0 radical (unpaired) electrons. The van der Waals surface area contributed by atoms with Crippen molar-refractivity contribution in [3.05, 3.63) is 150 Å². The van der Waals surface area contributed by atoms with Crippen molar-refractivity contribution in [3.63, 3.8) is 0 Å². The average molecular weight is 770 g/mol. The molecule has 3 heterocycles. The number of ether oxygens (including phenoxy) is 2. The van der Waals surface area contributed by atoms with Crippen LogP contribution >= 0.6 is 0 Å². The zero-order chi connectivity index (χ0) is 39.2. The van der Waals surface area contributed by atoms with Gasteiger partial charge in [0.15, 0.2) is 11.4 Å².